The van der Waals surface area contributed by atoms with Crippen molar-refractivity contribution in [2.75, 3.05) is 5.32 Å². The number of carbonyl (C=O) groups is 2. The molecule has 0 spiro atoms. The normalized spacial score (nSPS) is 16.4. The van der Waals surface area contributed by atoms with Gasteiger partial charge >= 0.3 is 11.9 Å². The number of anilines is 1. The van der Waals surface area contributed by atoms with Crippen LogP contribution in [0.25, 0.3) is 5.69 Å². The fourth-order valence-electron chi connectivity index (χ4n) is 2.27. The summed E-state index contributed by atoms with van der Waals surface area (Å²) < 4.78 is 11.8. The van der Waals surface area contributed by atoms with E-state index >= 15 is 0 Å². The fourth-order valence-corrected chi connectivity index (χ4v) is 2.27. The molecule has 0 unspecified atom stereocenters. The van der Waals surface area contributed by atoms with E-state index in [1.807, 2.05) is 43.5 Å². The zero-order valence-corrected chi connectivity index (χ0v) is 13.6. The van der Waals surface area contributed by atoms with E-state index in [0.29, 0.717) is 5.69 Å². The Morgan fingerprint density at radius 1 is 1.12 bits per heavy atom. The van der Waals surface area contributed by atoms with Crippen LogP contribution >= 0.6 is 0 Å². The molecule has 0 atom stereocenters. The van der Waals surface area contributed by atoms with Crippen molar-refractivity contribution in [3.63, 3.8) is 0 Å². The van der Waals surface area contributed by atoms with Crippen molar-refractivity contribution in [3.8, 4) is 5.69 Å². The summed E-state index contributed by atoms with van der Waals surface area (Å²) >= 11 is 0. The van der Waals surface area contributed by atoms with Gasteiger partial charge in [-0.05, 0) is 25.1 Å². The summed E-state index contributed by atoms with van der Waals surface area (Å²) in [6.07, 6.45) is 3.11. The van der Waals surface area contributed by atoms with Crippen LogP contribution in [0.5, 0.6) is 0 Å². The van der Waals surface area contributed by atoms with Crippen LogP contribution in [-0.2, 0) is 19.1 Å². The second kappa shape index (κ2) is 5.84. The molecule has 1 aromatic carbocycles. The summed E-state index contributed by atoms with van der Waals surface area (Å²) in [5.41, 5.74) is 2.14. The summed E-state index contributed by atoms with van der Waals surface area (Å²) in [6, 6.07) is 9.27. The molecular weight excluding hydrogens is 310 g/mol. The molecule has 3 rings (SSSR count). The van der Waals surface area contributed by atoms with Gasteiger partial charge in [-0.3, -0.25) is 0 Å². The minimum Gasteiger partial charge on any atom is -0.419 e. The topological polar surface area (TPSA) is 82.5 Å². The Morgan fingerprint density at radius 2 is 1.79 bits per heavy atom. The summed E-state index contributed by atoms with van der Waals surface area (Å²) in [7, 11) is 0. The third-order valence-corrected chi connectivity index (χ3v) is 3.36. The molecule has 1 fully saturated rings. The predicted molar refractivity (Wildman–Crippen MR) is 86.3 cm³/mol. The van der Waals surface area contributed by atoms with Crippen LogP contribution in [0.1, 0.15) is 19.5 Å². The van der Waals surface area contributed by atoms with Gasteiger partial charge in [0.1, 0.15) is 0 Å². The van der Waals surface area contributed by atoms with Gasteiger partial charge in [-0.15, -0.1) is 0 Å². The quantitative estimate of drug-likeness (QED) is 0.529. The lowest BCUT2D eigenvalue weighted by atomic mass is 10.2. The molecule has 0 amide bonds. The predicted octanol–water partition coefficient (Wildman–Crippen LogP) is 2.31. The first-order valence-electron chi connectivity index (χ1n) is 7.41. The van der Waals surface area contributed by atoms with Crippen LogP contribution in [0.3, 0.4) is 0 Å². The maximum absolute atomic E-state index is 12.0. The average molecular weight is 327 g/mol. The van der Waals surface area contributed by atoms with Crippen molar-refractivity contribution in [2.24, 2.45) is 0 Å². The lowest BCUT2D eigenvalue weighted by Crippen LogP contribution is -2.42. The first kappa shape index (κ1) is 15.8. The lowest BCUT2D eigenvalue weighted by Gasteiger charge is -2.29. The number of rotatable bonds is 3. The van der Waals surface area contributed by atoms with Gasteiger partial charge in [0, 0.05) is 26.2 Å². The number of aromatic nitrogens is 2. The van der Waals surface area contributed by atoms with Gasteiger partial charge in [0.2, 0.25) is 0 Å². The molecule has 2 aromatic rings. The molecule has 1 aliphatic heterocycles. The van der Waals surface area contributed by atoms with Gasteiger partial charge in [-0.1, -0.05) is 12.1 Å². The summed E-state index contributed by atoms with van der Waals surface area (Å²) in [5.74, 6) is -2.71. The molecular formula is C17H17N3O4. The monoisotopic (exact) mass is 327 g/mol. The van der Waals surface area contributed by atoms with Crippen LogP contribution in [0.4, 0.5) is 5.69 Å². The average Bonchev–Trinajstić information content (AvgIpc) is 2.92. The molecule has 0 aliphatic carbocycles. The summed E-state index contributed by atoms with van der Waals surface area (Å²) in [5, 5.41) is 7.31. The third kappa shape index (κ3) is 3.15. The van der Waals surface area contributed by atoms with Crippen LogP contribution in [0.15, 0.2) is 48.3 Å². The minimum atomic E-state index is -1.25. The molecule has 1 aliphatic rings. The van der Waals surface area contributed by atoms with Gasteiger partial charge < -0.3 is 14.8 Å². The maximum atomic E-state index is 12.0. The second-order valence-electron chi connectivity index (χ2n) is 5.80. The molecule has 1 aromatic heterocycles. The van der Waals surface area contributed by atoms with Gasteiger partial charge in [-0.25, -0.2) is 14.3 Å². The summed E-state index contributed by atoms with van der Waals surface area (Å²) in [6.45, 7) is 4.90. The zero-order valence-electron chi connectivity index (χ0n) is 13.6. The van der Waals surface area contributed by atoms with E-state index in [4.69, 9.17) is 9.47 Å². The highest BCUT2D eigenvalue weighted by Gasteiger charge is 2.38. The maximum Gasteiger partial charge on any atom is 0.350 e. The Morgan fingerprint density at radius 3 is 2.42 bits per heavy atom. The van der Waals surface area contributed by atoms with Gasteiger partial charge in [-0.2, -0.15) is 5.10 Å². The van der Waals surface area contributed by atoms with Crippen molar-refractivity contribution < 1.29 is 19.1 Å². The molecule has 1 saturated heterocycles. The number of esters is 2. The van der Waals surface area contributed by atoms with Crippen molar-refractivity contribution in [3.05, 3.63) is 54.0 Å². The number of hydrogen-bond acceptors (Lipinski definition) is 6. The first-order valence-corrected chi connectivity index (χ1v) is 7.41. The Hall–Kier alpha value is -3.09. The first-order chi connectivity index (χ1) is 11.4. The Bertz CT molecular complexity index is 814. The van der Waals surface area contributed by atoms with E-state index < -0.39 is 17.7 Å². The lowest BCUT2D eigenvalue weighted by molar-refractivity contribution is -0.222. The number of benzene rings is 1. The number of nitrogens with one attached hydrogen (secondary N) is 1. The largest absolute Gasteiger partial charge is 0.419 e. The van der Waals surface area contributed by atoms with E-state index in [1.54, 1.807) is 4.68 Å². The van der Waals surface area contributed by atoms with E-state index in [0.717, 1.165) is 11.4 Å². The molecule has 24 heavy (non-hydrogen) atoms. The highest BCUT2D eigenvalue weighted by molar-refractivity contribution is 6.15. The van der Waals surface area contributed by atoms with Crippen LogP contribution in [0.2, 0.25) is 0 Å². The van der Waals surface area contributed by atoms with E-state index in [-0.39, 0.29) is 5.57 Å². The number of para-hydroxylation sites is 2. The molecule has 0 saturated carbocycles. The Kier molecular flexibility index (Phi) is 3.84. The molecule has 1 N–H and O–H groups in total. The number of carbonyl (C=O) groups excluding carboxylic acids is 2. The summed E-state index contributed by atoms with van der Waals surface area (Å²) in [4.78, 5) is 23.9. The molecule has 7 heteroatoms. The smallest absolute Gasteiger partial charge is 0.350 e. The van der Waals surface area contributed by atoms with Crippen molar-refractivity contribution in [1.29, 1.82) is 0 Å². The van der Waals surface area contributed by atoms with Gasteiger partial charge in [0.05, 0.1) is 17.1 Å². The highest BCUT2D eigenvalue weighted by atomic mass is 16.7. The molecule has 2 heterocycles. The Labute approximate surface area is 138 Å². The molecule has 0 bridgehead atoms. The zero-order chi connectivity index (χ0) is 17.3. The number of cyclic esters (lactones) is 2. The Balaban J connectivity index is 1.87. The second-order valence-corrected chi connectivity index (χ2v) is 5.80. The van der Waals surface area contributed by atoms with Crippen molar-refractivity contribution >= 4 is 17.6 Å². The third-order valence-electron chi connectivity index (χ3n) is 3.36. The van der Waals surface area contributed by atoms with Crippen LogP contribution in [0, 0.1) is 6.92 Å². The number of hydrogen-bond donors (Lipinski definition) is 1. The van der Waals surface area contributed by atoms with Crippen LogP contribution in [-0.4, -0.2) is 27.5 Å². The van der Waals surface area contributed by atoms with Crippen LogP contribution < -0.4 is 5.32 Å². The SMILES string of the molecule is Cc1ccn(-c2ccccc2NC=C2C(=O)OC(C)(C)OC2=O)n1. The standard InChI is InChI=1S/C17H17N3O4/c1-11-8-9-20(19-11)14-7-5-4-6-13(14)18-10-12-15(21)23-17(2,3)24-16(12)22/h4-10,18H,1-3H3. The van der Waals surface area contributed by atoms with Gasteiger partial charge in [0.15, 0.2) is 5.57 Å². The number of ether oxygens (including phenoxy) is 2. The minimum absolute atomic E-state index is 0.194. The van der Waals surface area contributed by atoms with Crippen molar-refractivity contribution in [1.82, 2.24) is 9.78 Å². The van der Waals surface area contributed by atoms with Crippen molar-refractivity contribution in [2.45, 2.75) is 26.6 Å². The molecule has 0 radical (unpaired) electrons. The number of nitrogens with zero attached hydrogens (tertiary/aromatic N) is 2. The van der Waals surface area contributed by atoms with E-state index in [1.165, 1.54) is 20.0 Å². The van der Waals surface area contributed by atoms with Gasteiger partial charge in [0.25, 0.3) is 5.79 Å². The van der Waals surface area contributed by atoms with E-state index in [9.17, 15) is 9.59 Å². The highest BCUT2D eigenvalue weighted by Crippen LogP contribution is 2.24. The molecule has 7 nitrogen and oxygen atoms in total. The number of aryl methyl sites for hydroxylation is 1. The fraction of sp³-hybridized carbons (Fsp3) is 0.235. The molecule has 124 valence electrons. The van der Waals surface area contributed by atoms with E-state index in [2.05, 4.69) is 10.4 Å².